The minimum absolute atomic E-state index is 0.179. The van der Waals surface area contributed by atoms with E-state index in [1.165, 1.54) is 6.07 Å². The molecule has 8 heteroatoms. The van der Waals surface area contributed by atoms with Gasteiger partial charge < -0.3 is 15.5 Å². The van der Waals surface area contributed by atoms with Gasteiger partial charge in [0.25, 0.3) is 0 Å². The maximum absolute atomic E-state index is 13.8. The molecule has 7 nitrogen and oxygen atoms in total. The van der Waals surface area contributed by atoms with Crippen LogP contribution < -0.4 is 5.73 Å². The number of carbonyl (C=O) groups excluding carboxylic acids is 1. The molecule has 0 saturated carbocycles. The molecule has 1 aliphatic rings. The van der Waals surface area contributed by atoms with Crippen LogP contribution in [-0.2, 0) is 4.79 Å². The fourth-order valence-electron chi connectivity index (χ4n) is 2.84. The van der Waals surface area contributed by atoms with Crippen LogP contribution in [0.3, 0.4) is 0 Å². The van der Waals surface area contributed by atoms with Crippen molar-refractivity contribution in [3.05, 3.63) is 39.7 Å². The number of halogens is 1. The number of hydrogen-bond acceptors (Lipinski definition) is 5. The Balaban J connectivity index is 2.11. The summed E-state index contributed by atoms with van der Waals surface area (Å²) in [6, 6.07) is 3.08. The number of hydrogen-bond donors (Lipinski definition) is 1. The number of nitro benzene ring substituents is 1. The molecule has 0 unspecified atom stereocenters. The van der Waals surface area contributed by atoms with E-state index in [1.54, 1.807) is 11.8 Å². The predicted molar refractivity (Wildman–Crippen MR) is 88.1 cm³/mol. The molecule has 0 spiro atoms. The van der Waals surface area contributed by atoms with Crippen LogP contribution in [0.25, 0.3) is 0 Å². The van der Waals surface area contributed by atoms with E-state index in [4.69, 9.17) is 5.73 Å². The van der Waals surface area contributed by atoms with E-state index in [1.807, 2.05) is 14.0 Å². The topological polar surface area (TPSA) is 92.7 Å². The highest BCUT2D eigenvalue weighted by atomic mass is 19.1. The van der Waals surface area contributed by atoms with E-state index in [0.29, 0.717) is 18.7 Å². The molecule has 3 atom stereocenters. The minimum Gasteiger partial charge on any atom is -0.338 e. The number of nitrogens with zero attached hydrogens (tertiary/aromatic N) is 3. The van der Waals surface area contributed by atoms with Crippen LogP contribution >= 0.6 is 0 Å². The molecule has 132 valence electrons. The number of likely N-dealkylation sites (N-methyl/N-ethyl adjacent to an activating group) is 1. The second-order valence-electron chi connectivity index (χ2n) is 6.40. The van der Waals surface area contributed by atoms with Gasteiger partial charge in [-0.05, 0) is 25.6 Å². The average Bonchev–Trinajstić information content (AvgIpc) is 2.54. The van der Waals surface area contributed by atoms with E-state index in [2.05, 4.69) is 4.90 Å². The summed E-state index contributed by atoms with van der Waals surface area (Å²) in [5.74, 6) is -1.54. The smallest absolute Gasteiger partial charge is 0.304 e. The standard InChI is InChI=1S/C16H23FN4O3/c1-10-9-20(7-6-19(10)3)16(22)15(18)11(2)12-4-5-14(21(23)24)13(17)8-12/h4-5,8,10-11,15H,6-7,9,18H2,1-3H3/t10-,11-,15+/m0/s1. The van der Waals surface area contributed by atoms with Gasteiger partial charge in [-0.25, -0.2) is 0 Å². The Bertz CT molecular complexity index is 640. The van der Waals surface area contributed by atoms with Crippen LogP contribution in [-0.4, -0.2) is 59.4 Å². The molecule has 1 fully saturated rings. The lowest BCUT2D eigenvalue weighted by Crippen LogP contribution is -2.56. The van der Waals surface area contributed by atoms with Gasteiger partial charge in [-0.1, -0.05) is 13.0 Å². The van der Waals surface area contributed by atoms with E-state index >= 15 is 0 Å². The van der Waals surface area contributed by atoms with E-state index < -0.39 is 28.4 Å². The Labute approximate surface area is 140 Å². The highest BCUT2D eigenvalue weighted by molar-refractivity contribution is 5.83. The van der Waals surface area contributed by atoms with Crippen molar-refractivity contribution in [1.29, 1.82) is 0 Å². The minimum atomic E-state index is -0.919. The lowest BCUT2D eigenvalue weighted by atomic mass is 9.92. The van der Waals surface area contributed by atoms with Gasteiger partial charge in [-0.15, -0.1) is 0 Å². The Morgan fingerprint density at radius 3 is 2.67 bits per heavy atom. The van der Waals surface area contributed by atoms with Crippen LogP contribution in [0.15, 0.2) is 18.2 Å². The van der Waals surface area contributed by atoms with Crippen LogP contribution in [0, 0.1) is 15.9 Å². The molecular weight excluding hydrogens is 315 g/mol. The predicted octanol–water partition coefficient (Wildman–Crippen LogP) is 1.33. The van der Waals surface area contributed by atoms with Gasteiger partial charge >= 0.3 is 5.69 Å². The van der Waals surface area contributed by atoms with Crippen molar-refractivity contribution in [2.75, 3.05) is 26.7 Å². The normalized spacial score (nSPS) is 21.4. The Morgan fingerprint density at radius 1 is 1.46 bits per heavy atom. The van der Waals surface area contributed by atoms with Gasteiger partial charge in [-0.3, -0.25) is 14.9 Å². The zero-order valence-electron chi connectivity index (χ0n) is 14.1. The molecule has 1 saturated heterocycles. The Kier molecular flexibility index (Phi) is 5.51. The molecule has 0 aromatic heterocycles. The van der Waals surface area contributed by atoms with Crippen LogP contribution in [0.2, 0.25) is 0 Å². The first-order valence-corrected chi connectivity index (χ1v) is 7.90. The number of amides is 1. The summed E-state index contributed by atoms with van der Waals surface area (Å²) in [5.41, 5.74) is 5.98. The highest BCUT2D eigenvalue weighted by Crippen LogP contribution is 2.25. The summed E-state index contributed by atoms with van der Waals surface area (Å²) < 4.78 is 13.8. The first kappa shape index (κ1) is 18.3. The van der Waals surface area contributed by atoms with E-state index in [9.17, 15) is 19.3 Å². The number of nitrogens with two attached hydrogens (primary N) is 1. The molecule has 2 N–H and O–H groups in total. The van der Waals surface area contributed by atoms with Gasteiger partial charge in [0.05, 0.1) is 11.0 Å². The lowest BCUT2D eigenvalue weighted by Gasteiger charge is -2.39. The van der Waals surface area contributed by atoms with E-state index in [0.717, 1.165) is 18.7 Å². The summed E-state index contributed by atoms with van der Waals surface area (Å²) in [6.45, 7) is 5.75. The summed E-state index contributed by atoms with van der Waals surface area (Å²) in [6.07, 6.45) is 0. The Morgan fingerprint density at radius 2 is 2.12 bits per heavy atom. The number of rotatable bonds is 4. The molecular formula is C16H23FN4O3. The van der Waals surface area contributed by atoms with Crippen molar-refractivity contribution < 1.29 is 14.1 Å². The van der Waals surface area contributed by atoms with Crippen LogP contribution in [0.5, 0.6) is 0 Å². The summed E-state index contributed by atoms with van der Waals surface area (Å²) in [4.78, 5) is 26.4. The largest absolute Gasteiger partial charge is 0.338 e. The molecule has 1 aliphatic heterocycles. The third-order valence-corrected chi connectivity index (χ3v) is 4.79. The fraction of sp³-hybridized carbons (Fsp3) is 0.562. The quantitative estimate of drug-likeness (QED) is 0.660. The second-order valence-corrected chi connectivity index (χ2v) is 6.40. The molecule has 0 radical (unpaired) electrons. The number of nitro groups is 1. The van der Waals surface area contributed by atoms with E-state index in [-0.39, 0.29) is 11.9 Å². The number of piperazine rings is 1. The summed E-state index contributed by atoms with van der Waals surface area (Å²) in [5, 5.41) is 10.7. The van der Waals surface area contributed by atoms with Crippen molar-refractivity contribution in [3.8, 4) is 0 Å². The van der Waals surface area contributed by atoms with Crippen LogP contribution in [0.4, 0.5) is 10.1 Å². The van der Waals surface area contributed by atoms with Crippen LogP contribution in [0.1, 0.15) is 25.3 Å². The molecule has 0 aliphatic carbocycles. The number of benzene rings is 1. The zero-order valence-corrected chi connectivity index (χ0v) is 14.1. The average molecular weight is 338 g/mol. The number of carbonyl (C=O) groups is 1. The van der Waals surface area contributed by atoms with Crippen molar-refractivity contribution >= 4 is 11.6 Å². The van der Waals surface area contributed by atoms with Gasteiger partial charge in [-0.2, -0.15) is 4.39 Å². The maximum atomic E-state index is 13.8. The van der Waals surface area contributed by atoms with Crippen molar-refractivity contribution in [2.24, 2.45) is 5.73 Å². The zero-order chi connectivity index (χ0) is 18.0. The van der Waals surface area contributed by atoms with Crippen molar-refractivity contribution in [2.45, 2.75) is 31.8 Å². The fourth-order valence-corrected chi connectivity index (χ4v) is 2.84. The monoisotopic (exact) mass is 338 g/mol. The molecule has 1 aromatic carbocycles. The third-order valence-electron chi connectivity index (χ3n) is 4.79. The van der Waals surface area contributed by atoms with Crippen molar-refractivity contribution in [1.82, 2.24) is 9.80 Å². The molecule has 2 rings (SSSR count). The summed E-state index contributed by atoms with van der Waals surface area (Å²) >= 11 is 0. The Hall–Kier alpha value is -2.06. The summed E-state index contributed by atoms with van der Waals surface area (Å²) in [7, 11) is 2.01. The highest BCUT2D eigenvalue weighted by Gasteiger charge is 2.31. The third kappa shape index (κ3) is 3.70. The van der Waals surface area contributed by atoms with Gasteiger partial charge in [0.1, 0.15) is 0 Å². The molecule has 1 aromatic rings. The SMILES string of the molecule is C[C@@H](c1ccc([N+](=O)[O-])c(F)c1)[C@@H](N)C(=O)N1CCN(C)[C@@H](C)C1. The lowest BCUT2D eigenvalue weighted by molar-refractivity contribution is -0.387. The van der Waals surface area contributed by atoms with Gasteiger partial charge in [0.2, 0.25) is 11.7 Å². The molecule has 1 heterocycles. The first-order chi connectivity index (χ1) is 11.2. The van der Waals surface area contributed by atoms with Gasteiger partial charge in [0.15, 0.2) is 0 Å². The maximum Gasteiger partial charge on any atom is 0.304 e. The molecule has 0 bridgehead atoms. The van der Waals surface area contributed by atoms with Gasteiger partial charge in [0, 0.05) is 37.7 Å². The first-order valence-electron chi connectivity index (χ1n) is 7.90. The molecule has 24 heavy (non-hydrogen) atoms. The molecule has 1 amide bonds. The van der Waals surface area contributed by atoms with Crippen molar-refractivity contribution in [3.63, 3.8) is 0 Å². The second kappa shape index (κ2) is 7.23.